The van der Waals surface area contributed by atoms with Gasteiger partial charge in [-0.1, -0.05) is 11.6 Å². The van der Waals surface area contributed by atoms with Crippen LogP contribution in [-0.4, -0.2) is 22.7 Å². The van der Waals surface area contributed by atoms with Crippen LogP contribution in [0.4, 0.5) is 5.13 Å². The third-order valence-electron chi connectivity index (χ3n) is 4.73. The molecule has 0 saturated carbocycles. The lowest BCUT2D eigenvalue weighted by molar-refractivity contribution is 0.102. The first-order valence-corrected chi connectivity index (χ1v) is 10.00. The summed E-state index contributed by atoms with van der Waals surface area (Å²) in [7, 11) is 0. The number of nitrogens with zero attached hydrogens (tertiary/aromatic N) is 2. The summed E-state index contributed by atoms with van der Waals surface area (Å²) in [6.45, 7) is 4.12. The van der Waals surface area contributed by atoms with Gasteiger partial charge in [-0.3, -0.25) is 15.1 Å². The van der Waals surface area contributed by atoms with E-state index >= 15 is 0 Å². The second-order valence-electron chi connectivity index (χ2n) is 6.89. The van der Waals surface area contributed by atoms with Gasteiger partial charge in [0, 0.05) is 22.0 Å². The molecular formula is C22H17N3O3S. The van der Waals surface area contributed by atoms with Crippen molar-refractivity contribution >= 4 is 33.3 Å². The molecule has 0 bridgehead atoms. The molecule has 0 unspecified atom stereocenters. The van der Waals surface area contributed by atoms with Crippen molar-refractivity contribution in [1.82, 2.24) is 9.97 Å². The third-order valence-corrected chi connectivity index (χ3v) is 5.49. The molecule has 1 amide bonds. The summed E-state index contributed by atoms with van der Waals surface area (Å²) in [5.74, 6) is 1.24. The van der Waals surface area contributed by atoms with Gasteiger partial charge in [-0.2, -0.15) is 0 Å². The summed E-state index contributed by atoms with van der Waals surface area (Å²) in [4.78, 5) is 22.1. The van der Waals surface area contributed by atoms with Crippen molar-refractivity contribution in [2.24, 2.45) is 0 Å². The Labute approximate surface area is 171 Å². The van der Waals surface area contributed by atoms with Crippen LogP contribution in [0.15, 0.2) is 47.8 Å². The first-order chi connectivity index (χ1) is 14.1. The van der Waals surface area contributed by atoms with E-state index in [1.807, 2.05) is 61.7 Å². The van der Waals surface area contributed by atoms with Gasteiger partial charge in [0.05, 0.1) is 16.8 Å². The maximum absolute atomic E-state index is 13.0. The minimum Gasteiger partial charge on any atom is -0.454 e. The number of aromatic nitrogens is 2. The van der Waals surface area contributed by atoms with Crippen LogP contribution in [0.5, 0.6) is 11.5 Å². The number of thiazole rings is 1. The van der Waals surface area contributed by atoms with Gasteiger partial charge in [-0.25, -0.2) is 4.98 Å². The number of fused-ring (bicyclic) bond motifs is 2. The van der Waals surface area contributed by atoms with Crippen molar-refractivity contribution in [3.8, 4) is 22.8 Å². The van der Waals surface area contributed by atoms with Crippen LogP contribution in [0.2, 0.25) is 0 Å². The minimum atomic E-state index is -0.197. The number of benzene rings is 2. The zero-order chi connectivity index (χ0) is 20.0. The molecule has 1 N–H and O–H groups in total. The summed E-state index contributed by atoms with van der Waals surface area (Å²) >= 11 is 1.38. The Hall–Kier alpha value is -3.45. The Morgan fingerprint density at radius 2 is 1.90 bits per heavy atom. The summed E-state index contributed by atoms with van der Waals surface area (Å²) in [5.41, 5.74) is 4.96. The van der Waals surface area contributed by atoms with Crippen LogP contribution < -0.4 is 14.8 Å². The summed E-state index contributed by atoms with van der Waals surface area (Å²) in [6, 6.07) is 13.4. The topological polar surface area (TPSA) is 73.3 Å². The number of anilines is 1. The van der Waals surface area contributed by atoms with Gasteiger partial charge in [0.15, 0.2) is 16.6 Å². The van der Waals surface area contributed by atoms with Crippen molar-refractivity contribution in [1.29, 1.82) is 0 Å². The number of rotatable bonds is 3. The molecular weight excluding hydrogens is 386 g/mol. The molecule has 7 heteroatoms. The third kappa shape index (κ3) is 3.30. The van der Waals surface area contributed by atoms with Crippen molar-refractivity contribution < 1.29 is 14.3 Å². The molecule has 2 aromatic heterocycles. The van der Waals surface area contributed by atoms with Crippen LogP contribution in [0.1, 0.15) is 21.6 Å². The highest BCUT2D eigenvalue weighted by Crippen LogP contribution is 2.36. The number of pyridine rings is 1. The zero-order valence-electron chi connectivity index (χ0n) is 15.9. The molecule has 0 spiro atoms. The van der Waals surface area contributed by atoms with Crippen LogP contribution in [-0.2, 0) is 0 Å². The van der Waals surface area contributed by atoms with Gasteiger partial charge < -0.3 is 9.47 Å². The molecule has 0 atom stereocenters. The monoisotopic (exact) mass is 403 g/mol. The van der Waals surface area contributed by atoms with Crippen LogP contribution in [0.25, 0.3) is 22.2 Å². The average molecular weight is 403 g/mol. The molecule has 0 aliphatic carbocycles. The highest BCUT2D eigenvalue weighted by atomic mass is 32.1. The number of aryl methyl sites for hydroxylation is 2. The van der Waals surface area contributed by atoms with Gasteiger partial charge in [0.25, 0.3) is 5.91 Å². The Morgan fingerprint density at radius 1 is 1.03 bits per heavy atom. The number of hydrogen-bond donors (Lipinski definition) is 1. The molecule has 6 nitrogen and oxygen atoms in total. The van der Waals surface area contributed by atoms with E-state index in [1.165, 1.54) is 11.3 Å². The standard InChI is InChI=1S/C22H17N3O3S/c1-12-3-5-17-15(7-12)16(8-13(2)23-17)21(26)25-22-24-18(10-29-22)14-4-6-19-20(9-14)28-11-27-19/h3-10H,11H2,1-2H3,(H,24,25,26). The van der Waals surface area contributed by atoms with E-state index in [9.17, 15) is 4.79 Å². The van der Waals surface area contributed by atoms with Crippen molar-refractivity contribution in [3.05, 3.63) is 64.7 Å². The van der Waals surface area contributed by atoms with Crippen LogP contribution >= 0.6 is 11.3 Å². The molecule has 2 aromatic carbocycles. The van der Waals surface area contributed by atoms with Crippen molar-refractivity contribution in [2.45, 2.75) is 13.8 Å². The first-order valence-electron chi connectivity index (χ1n) is 9.12. The Morgan fingerprint density at radius 3 is 2.79 bits per heavy atom. The van der Waals surface area contributed by atoms with Gasteiger partial charge in [0.2, 0.25) is 6.79 Å². The van der Waals surface area contributed by atoms with E-state index in [1.54, 1.807) is 0 Å². The number of ether oxygens (including phenoxy) is 2. The maximum Gasteiger partial charge on any atom is 0.258 e. The van der Waals surface area contributed by atoms with Gasteiger partial charge in [-0.05, 0) is 50.2 Å². The fourth-order valence-electron chi connectivity index (χ4n) is 3.34. The zero-order valence-corrected chi connectivity index (χ0v) is 16.7. The molecule has 1 aliphatic heterocycles. The molecule has 29 heavy (non-hydrogen) atoms. The quantitative estimate of drug-likeness (QED) is 0.524. The predicted molar refractivity (Wildman–Crippen MR) is 113 cm³/mol. The predicted octanol–water partition coefficient (Wildman–Crippen LogP) is 4.96. The van der Waals surface area contributed by atoms with Crippen molar-refractivity contribution in [3.63, 3.8) is 0 Å². The Balaban J connectivity index is 1.44. The van der Waals surface area contributed by atoms with E-state index in [-0.39, 0.29) is 12.7 Å². The second-order valence-corrected chi connectivity index (χ2v) is 7.75. The Bertz CT molecular complexity index is 1270. The lowest BCUT2D eigenvalue weighted by atomic mass is 10.0. The normalized spacial score (nSPS) is 12.3. The highest BCUT2D eigenvalue weighted by molar-refractivity contribution is 7.14. The fraction of sp³-hybridized carbons (Fsp3) is 0.136. The molecule has 3 heterocycles. The van der Waals surface area contributed by atoms with Crippen LogP contribution in [0.3, 0.4) is 0 Å². The average Bonchev–Trinajstić information content (AvgIpc) is 3.36. The number of nitrogens with one attached hydrogen (secondary N) is 1. The lowest BCUT2D eigenvalue weighted by Gasteiger charge is -2.08. The largest absolute Gasteiger partial charge is 0.454 e. The van der Waals surface area contributed by atoms with E-state index < -0.39 is 0 Å². The van der Waals surface area contributed by atoms with Gasteiger partial charge in [-0.15, -0.1) is 11.3 Å². The van der Waals surface area contributed by atoms with Crippen LogP contribution in [0, 0.1) is 13.8 Å². The first kappa shape index (κ1) is 17.6. The van der Waals surface area contributed by atoms with E-state index in [0.717, 1.165) is 39.2 Å². The van der Waals surface area contributed by atoms with E-state index in [0.29, 0.717) is 16.4 Å². The van der Waals surface area contributed by atoms with E-state index in [4.69, 9.17) is 9.47 Å². The summed E-state index contributed by atoms with van der Waals surface area (Å²) < 4.78 is 10.8. The second kappa shape index (κ2) is 6.86. The lowest BCUT2D eigenvalue weighted by Crippen LogP contribution is -2.13. The smallest absolute Gasteiger partial charge is 0.258 e. The number of carbonyl (C=O) groups excluding carboxylic acids is 1. The molecule has 5 rings (SSSR count). The van der Waals surface area contributed by atoms with Gasteiger partial charge in [0.1, 0.15) is 0 Å². The maximum atomic E-state index is 13.0. The summed E-state index contributed by atoms with van der Waals surface area (Å²) in [6.07, 6.45) is 0. The molecule has 0 saturated heterocycles. The number of carbonyl (C=O) groups is 1. The number of amides is 1. The molecule has 0 fully saturated rings. The summed E-state index contributed by atoms with van der Waals surface area (Å²) in [5, 5.41) is 6.21. The SMILES string of the molecule is Cc1ccc2nc(C)cc(C(=O)Nc3nc(-c4ccc5c(c4)OCO5)cs3)c2c1. The van der Waals surface area contributed by atoms with E-state index in [2.05, 4.69) is 15.3 Å². The minimum absolute atomic E-state index is 0.197. The van der Waals surface area contributed by atoms with Crippen molar-refractivity contribution in [2.75, 3.05) is 12.1 Å². The number of hydrogen-bond acceptors (Lipinski definition) is 6. The molecule has 0 radical (unpaired) electrons. The van der Waals surface area contributed by atoms with Gasteiger partial charge >= 0.3 is 0 Å². The molecule has 144 valence electrons. The molecule has 1 aliphatic rings. The fourth-order valence-corrected chi connectivity index (χ4v) is 4.06. The molecule has 4 aromatic rings. The highest BCUT2D eigenvalue weighted by Gasteiger charge is 2.17. The Kier molecular flexibility index (Phi) is 4.17.